The van der Waals surface area contributed by atoms with E-state index < -0.39 is 4.92 Å². The summed E-state index contributed by atoms with van der Waals surface area (Å²) < 4.78 is 4.97. The molecule has 0 N–H and O–H groups in total. The number of guanidine groups is 1. The van der Waals surface area contributed by atoms with E-state index in [9.17, 15) is 10.1 Å². The van der Waals surface area contributed by atoms with Crippen LogP contribution in [0.15, 0.2) is 23.2 Å². The molecule has 20 heavy (non-hydrogen) atoms. The SMILES string of the molecule is COc1ccc(CN=C(N(C)C)N(C)C)cc1[N+](=O)[O-]. The molecule has 0 radical (unpaired) electrons. The van der Waals surface area contributed by atoms with Crippen molar-refractivity contribution in [3.8, 4) is 5.75 Å². The molecule has 0 aromatic heterocycles. The molecule has 0 heterocycles. The smallest absolute Gasteiger partial charge is 0.311 e. The van der Waals surface area contributed by atoms with Crippen molar-refractivity contribution in [1.29, 1.82) is 0 Å². The normalized spacial score (nSPS) is 9.85. The lowest BCUT2D eigenvalue weighted by Gasteiger charge is -2.22. The molecule has 0 unspecified atom stereocenters. The summed E-state index contributed by atoms with van der Waals surface area (Å²) in [6.45, 7) is 0.372. The van der Waals surface area contributed by atoms with E-state index in [-0.39, 0.29) is 11.4 Å². The highest BCUT2D eigenvalue weighted by molar-refractivity contribution is 5.79. The maximum Gasteiger partial charge on any atom is 0.311 e. The highest BCUT2D eigenvalue weighted by Crippen LogP contribution is 2.27. The number of aliphatic imine (C=N–C) groups is 1. The van der Waals surface area contributed by atoms with Crippen LogP contribution in [-0.2, 0) is 6.54 Å². The number of nitro groups is 1. The molecule has 0 fully saturated rings. The Bertz CT molecular complexity index is 502. The molecule has 0 aliphatic rings. The lowest BCUT2D eigenvalue weighted by molar-refractivity contribution is -0.385. The first-order valence-corrected chi connectivity index (χ1v) is 6.07. The van der Waals surface area contributed by atoms with Gasteiger partial charge in [0.15, 0.2) is 11.7 Å². The number of rotatable bonds is 4. The molecular formula is C13H20N4O3. The average Bonchev–Trinajstić information content (AvgIpc) is 2.37. The fraction of sp³-hybridized carbons (Fsp3) is 0.462. The van der Waals surface area contributed by atoms with Gasteiger partial charge in [-0.1, -0.05) is 6.07 Å². The van der Waals surface area contributed by atoms with Crippen LogP contribution in [0.1, 0.15) is 5.56 Å². The monoisotopic (exact) mass is 280 g/mol. The molecule has 0 saturated heterocycles. The molecular weight excluding hydrogens is 260 g/mol. The lowest BCUT2D eigenvalue weighted by atomic mass is 10.2. The second kappa shape index (κ2) is 6.74. The first-order chi connectivity index (χ1) is 9.36. The molecule has 0 bridgehead atoms. The van der Waals surface area contributed by atoms with Gasteiger partial charge in [-0.15, -0.1) is 0 Å². The predicted octanol–water partition coefficient (Wildman–Crippen LogP) is 1.58. The van der Waals surface area contributed by atoms with Gasteiger partial charge in [-0.2, -0.15) is 0 Å². The summed E-state index contributed by atoms with van der Waals surface area (Å²) in [7, 11) is 9.01. The Morgan fingerprint density at radius 2 is 1.90 bits per heavy atom. The van der Waals surface area contributed by atoms with E-state index in [4.69, 9.17) is 4.74 Å². The van der Waals surface area contributed by atoms with Gasteiger partial charge in [0.1, 0.15) is 0 Å². The van der Waals surface area contributed by atoms with Crippen molar-refractivity contribution < 1.29 is 9.66 Å². The number of benzene rings is 1. The van der Waals surface area contributed by atoms with Crippen molar-refractivity contribution in [3.63, 3.8) is 0 Å². The van der Waals surface area contributed by atoms with Gasteiger partial charge in [0, 0.05) is 34.3 Å². The molecule has 0 saturated carbocycles. The predicted molar refractivity (Wildman–Crippen MR) is 78.2 cm³/mol. The van der Waals surface area contributed by atoms with E-state index in [1.54, 1.807) is 12.1 Å². The van der Waals surface area contributed by atoms with Gasteiger partial charge in [-0.3, -0.25) is 10.1 Å². The number of nitrogens with zero attached hydrogens (tertiary/aromatic N) is 4. The van der Waals surface area contributed by atoms with Gasteiger partial charge < -0.3 is 14.5 Å². The Kier molecular flexibility index (Phi) is 5.31. The van der Waals surface area contributed by atoms with Crippen LogP contribution in [0.4, 0.5) is 5.69 Å². The zero-order valence-electron chi connectivity index (χ0n) is 12.5. The number of hydrogen-bond donors (Lipinski definition) is 0. The van der Waals surface area contributed by atoms with Crippen LogP contribution in [0.5, 0.6) is 5.75 Å². The zero-order valence-corrected chi connectivity index (χ0v) is 12.5. The molecule has 1 rings (SSSR count). The van der Waals surface area contributed by atoms with Crippen LogP contribution >= 0.6 is 0 Å². The van der Waals surface area contributed by atoms with E-state index >= 15 is 0 Å². The van der Waals surface area contributed by atoms with Gasteiger partial charge in [0.2, 0.25) is 0 Å². The first-order valence-electron chi connectivity index (χ1n) is 6.07. The summed E-state index contributed by atoms with van der Waals surface area (Å²) in [5.74, 6) is 1.05. The average molecular weight is 280 g/mol. The van der Waals surface area contributed by atoms with Crippen LogP contribution in [0.3, 0.4) is 0 Å². The van der Waals surface area contributed by atoms with E-state index in [1.807, 2.05) is 38.0 Å². The van der Waals surface area contributed by atoms with Gasteiger partial charge in [-0.25, -0.2) is 4.99 Å². The number of methoxy groups -OCH3 is 1. The molecule has 7 heteroatoms. The second-order valence-electron chi connectivity index (χ2n) is 4.67. The summed E-state index contributed by atoms with van der Waals surface area (Å²) in [4.78, 5) is 18.7. The van der Waals surface area contributed by atoms with Crippen molar-refractivity contribution in [3.05, 3.63) is 33.9 Å². The minimum absolute atomic E-state index is 0.0449. The molecule has 0 aliphatic carbocycles. The molecule has 7 nitrogen and oxygen atoms in total. The molecule has 110 valence electrons. The molecule has 0 aliphatic heterocycles. The molecule has 0 spiro atoms. The van der Waals surface area contributed by atoms with Crippen LogP contribution in [0, 0.1) is 10.1 Å². The number of ether oxygens (including phenoxy) is 1. The highest BCUT2D eigenvalue weighted by atomic mass is 16.6. The third-order valence-corrected chi connectivity index (χ3v) is 2.64. The van der Waals surface area contributed by atoms with Gasteiger partial charge in [0.05, 0.1) is 18.6 Å². The summed E-state index contributed by atoms with van der Waals surface area (Å²) in [5.41, 5.74) is 0.718. The first kappa shape index (κ1) is 15.7. The quantitative estimate of drug-likeness (QED) is 0.362. The summed E-state index contributed by atoms with van der Waals surface area (Å²) >= 11 is 0. The zero-order chi connectivity index (χ0) is 15.3. The summed E-state index contributed by atoms with van der Waals surface area (Å²) in [5, 5.41) is 11.0. The Hall–Kier alpha value is -2.31. The van der Waals surface area contributed by atoms with E-state index in [2.05, 4.69) is 4.99 Å². The van der Waals surface area contributed by atoms with E-state index in [0.717, 1.165) is 11.5 Å². The molecule has 1 aromatic rings. The van der Waals surface area contributed by atoms with Gasteiger partial charge in [0.25, 0.3) is 0 Å². The van der Waals surface area contributed by atoms with Crippen LogP contribution in [-0.4, -0.2) is 56.0 Å². The van der Waals surface area contributed by atoms with Gasteiger partial charge >= 0.3 is 5.69 Å². The number of hydrogen-bond acceptors (Lipinski definition) is 4. The third kappa shape index (κ3) is 3.84. The lowest BCUT2D eigenvalue weighted by Crippen LogP contribution is -2.35. The highest BCUT2D eigenvalue weighted by Gasteiger charge is 2.15. The van der Waals surface area contributed by atoms with Crippen LogP contribution < -0.4 is 4.74 Å². The van der Waals surface area contributed by atoms with Crippen molar-refractivity contribution in [1.82, 2.24) is 9.80 Å². The minimum atomic E-state index is -0.454. The van der Waals surface area contributed by atoms with Crippen molar-refractivity contribution in [2.45, 2.75) is 6.54 Å². The summed E-state index contributed by atoms with van der Waals surface area (Å²) in [6, 6.07) is 4.86. The Morgan fingerprint density at radius 3 is 2.35 bits per heavy atom. The van der Waals surface area contributed by atoms with Crippen LogP contribution in [0.2, 0.25) is 0 Å². The van der Waals surface area contributed by atoms with Crippen molar-refractivity contribution in [2.24, 2.45) is 4.99 Å². The topological polar surface area (TPSA) is 71.2 Å². The Labute approximate surface area is 118 Å². The Balaban J connectivity index is 3.02. The Morgan fingerprint density at radius 1 is 1.30 bits per heavy atom. The minimum Gasteiger partial charge on any atom is -0.490 e. The van der Waals surface area contributed by atoms with Crippen molar-refractivity contribution >= 4 is 11.6 Å². The fourth-order valence-corrected chi connectivity index (χ4v) is 1.82. The van der Waals surface area contributed by atoms with Crippen molar-refractivity contribution in [2.75, 3.05) is 35.3 Å². The number of nitro benzene ring substituents is 1. The van der Waals surface area contributed by atoms with E-state index in [1.165, 1.54) is 13.2 Å². The standard InChI is InChI=1S/C13H20N4O3/c1-15(2)13(16(3)4)14-9-10-6-7-12(20-5)11(8-10)17(18)19/h6-8H,9H2,1-5H3. The second-order valence-corrected chi connectivity index (χ2v) is 4.67. The fourth-order valence-electron chi connectivity index (χ4n) is 1.82. The maximum absolute atomic E-state index is 11.0. The van der Waals surface area contributed by atoms with E-state index in [0.29, 0.717) is 6.54 Å². The maximum atomic E-state index is 11.0. The van der Waals surface area contributed by atoms with Gasteiger partial charge in [-0.05, 0) is 11.6 Å². The molecule has 0 amide bonds. The molecule has 1 aromatic carbocycles. The summed E-state index contributed by atoms with van der Waals surface area (Å²) in [6.07, 6.45) is 0. The third-order valence-electron chi connectivity index (χ3n) is 2.64. The molecule has 0 atom stereocenters. The van der Waals surface area contributed by atoms with Crippen LogP contribution in [0.25, 0.3) is 0 Å². The largest absolute Gasteiger partial charge is 0.490 e.